The van der Waals surface area contributed by atoms with Crippen LogP contribution in [0.2, 0.25) is 0 Å². The Morgan fingerprint density at radius 2 is 2.04 bits per heavy atom. The molecule has 0 heterocycles. The summed E-state index contributed by atoms with van der Waals surface area (Å²) in [5.74, 6) is 1.10. The number of benzene rings is 1. The van der Waals surface area contributed by atoms with E-state index in [1.165, 1.54) is 16.7 Å². The van der Waals surface area contributed by atoms with E-state index in [2.05, 4.69) is 51.6 Å². The van der Waals surface area contributed by atoms with Crippen molar-refractivity contribution < 1.29 is 9.94 Å². The van der Waals surface area contributed by atoms with E-state index < -0.39 is 0 Å². The van der Waals surface area contributed by atoms with E-state index in [0.29, 0.717) is 11.6 Å². The Morgan fingerprint density at radius 1 is 1.35 bits per heavy atom. The second-order valence-electron chi connectivity index (χ2n) is 6.31. The Balaban J connectivity index is 2.64. The van der Waals surface area contributed by atoms with Crippen molar-refractivity contribution in [2.75, 3.05) is 7.11 Å². The number of hydrogen-bond acceptors (Lipinski definition) is 3. The average molecular weight is 311 g/mol. The van der Waals surface area contributed by atoms with Gasteiger partial charge in [-0.3, -0.25) is 0 Å². The summed E-state index contributed by atoms with van der Waals surface area (Å²) >= 11 is 0. The Bertz CT molecular complexity index is 720. The van der Waals surface area contributed by atoms with Crippen LogP contribution >= 0.6 is 0 Å². The zero-order chi connectivity index (χ0) is 17.1. The van der Waals surface area contributed by atoms with Crippen molar-refractivity contribution in [3.05, 3.63) is 58.7 Å². The maximum atomic E-state index is 9.30. The fourth-order valence-electron chi connectivity index (χ4n) is 3.07. The topological polar surface area (TPSA) is 41.8 Å². The summed E-state index contributed by atoms with van der Waals surface area (Å²) in [6, 6.07) is 2.06. The number of methoxy groups -OCH3 is 1. The molecule has 0 spiro atoms. The predicted octanol–water partition coefficient (Wildman–Crippen LogP) is 5.22. The molecule has 1 atom stereocenters. The van der Waals surface area contributed by atoms with E-state index in [-0.39, 0.29) is 0 Å². The lowest BCUT2D eigenvalue weighted by Crippen LogP contribution is -2.13. The third-order valence-corrected chi connectivity index (χ3v) is 4.35. The fraction of sp³-hybridized carbons (Fsp3) is 0.350. The normalized spacial score (nSPS) is 16.2. The second-order valence-corrected chi connectivity index (χ2v) is 6.31. The van der Waals surface area contributed by atoms with Crippen LogP contribution in [0.5, 0.6) is 5.75 Å². The van der Waals surface area contributed by atoms with Crippen molar-refractivity contribution in [3.63, 3.8) is 0 Å². The number of allylic oxidation sites excluding steroid dienone is 5. The van der Waals surface area contributed by atoms with Crippen LogP contribution in [0.25, 0.3) is 5.57 Å². The molecule has 1 aromatic carbocycles. The first-order valence-electron chi connectivity index (χ1n) is 7.85. The lowest BCUT2D eigenvalue weighted by Gasteiger charge is -2.24. The zero-order valence-corrected chi connectivity index (χ0v) is 14.6. The Morgan fingerprint density at radius 3 is 2.61 bits per heavy atom. The van der Waals surface area contributed by atoms with Gasteiger partial charge in [0.2, 0.25) is 0 Å². The van der Waals surface area contributed by atoms with Gasteiger partial charge in [0.25, 0.3) is 0 Å². The van der Waals surface area contributed by atoms with Crippen molar-refractivity contribution in [2.45, 2.75) is 40.0 Å². The lowest BCUT2D eigenvalue weighted by molar-refractivity contribution is 0.319. The van der Waals surface area contributed by atoms with Crippen LogP contribution in [0.4, 0.5) is 0 Å². The van der Waals surface area contributed by atoms with Crippen molar-refractivity contribution in [3.8, 4) is 5.75 Å². The van der Waals surface area contributed by atoms with Crippen molar-refractivity contribution in [1.82, 2.24) is 0 Å². The highest BCUT2D eigenvalue weighted by atomic mass is 16.5. The number of rotatable bonds is 4. The largest absolute Gasteiger partial charge is 0.496 e. The lowest BCUT2D eigenvalue weighted by atomic mass is 9.82. The van der Waals surface area contributed by atoms with Gasteiger partial charge in [-0.2, -0.15) is 0 Å². The van der Waals surface area contributed by atoms with Crippen LogP contribution in [0.3, 0.4) is 0 Å². The van der Waals surface area contributed by atoms with Gasteiger partial charge in [0, 0.05) is 0 Å². The molecule has 2 rings (SSSR count). The standard InChI is InChI=1S/C20H25NO2/c1-12(2)7-8-13(3)16-11-18(23-6)20-17(21-22)10-9-14(4)19(20)15(16)5/h7,9-11,13,22H,4,8H2,1-3,5-6H3/b21-17-/t13-/m1/s1. The molecule has 0 aliphatic heterocycles. The van der Waals surface area contributed by atoms with Gasteiger partial charge in [0.15, 0.2) is 0 Å². The molecule has 1 N–H and O–H groups in total. The Hall–Kier alpha value is -2.29. The first-order valence-corrected chi connectivity index (χ1v) is 7.85. The molecule has 1 aliphatic carbocycles. The van der Waals surface area contributed by atoms with Gasteiger partial charge in [0.05, 0.1) is 12.7 Å². The van der Waals surface area contributed by atoms with Gasteiger partial charge in [-0.15, -0.1) is 0 Å². The van der Waals surface area contributed by atoms with Gasteiger partial charge in [0.1, 0.15) is 11.5 Å². The zero-order valence-electron chi connectivity index (χ0n) is 14.6. The molecule has 3 nitrogen and oxygen atoms in total. The van der Waals surface area contributed by atoms with Gasteiger partial charge in [-0.05, 0) is 67.5 Å². The van der Waals surface area contributed by atoms with E-state index in [1.807, 2.05) is 6.08 Å². The SMILES string of the molecule is C=C1C=C/C(=N/O)c2c(OC)cc([C@H](C)CC=C(C)C)c(C)c21. The smallest absolute Gasteiger partial charge is 0.129 e. The highest BCUT2D eigenvalue weighted by molar-refractivity contribution is 6.17. The third-order valence-electron chi connectivity index (χ3n) is 4.35. The van der Waals surface area contributed by atoms with Crippen LogP contribution in [0.15, 0.2) is 41.6 Å². The van der Waals surface area contributed by atoms with E-state index in [0.717, 1.165) is 28.9 Å². The molecule has 0 bridgehead atoms. The Kier molecular flexibility index (Phi) is 5.09. The van der Waals surface area contributed by atoms with Gasteiger partial charge >= 0.3 is 0 Å². The first kappa shape index (κ1) is 17.1. The van der Waals surface area contributed by atoms with Crippen LogP contribution in [0, 0.1) is 6.92 Å². The molecule has 0 aromatic heterocycles. The maximum absolute atomic E-state index is 9.30. The first-order chi connectivity index (χ1) is 10.9. The molecule has 0 fully saturated rings. The molecule has 1 aliphatic rings. The number of ether oxygens (including phenoxy) is 1. The summed E-state index contributed by atoms with van der Waals surface area (Å²) < 4.78 is 5.58. The summed E-state index contributed by atoms with van der Waals surface area (Å²) in [5, 5.41) is 12.7. The summed E-state index contributed by atoms with van der Waals surface area (Å²) in [5.41, 5.74) is 6.99. The molecule has 0 saturated heterocycles. The van der Waals surface area contributed by atoms with Crippen LogP contribution in [0.1, 0.15) is 55.4 Å². The number of fused-ring (bicyclic) bond motifs is 1. The van der Waals surface area contributed by atoms with Crippen molar-refractivity contribution >= 4 is 11.3 Å². The fourth-order valence-corrected chi connectivity index (χ4v) is 3.07. The monoisotopic (exact) mass is 311 g/mol. The predicted molar refractivity (Wildman–Crippen MR) is 96.7 cm³/mol. The summed E-state index contributed by atoms with van der Waals surface area (Å²) in [6.07, 6.45) is 6.88. The number of hydrogen-bond donors (Lipinski definition) is 1. The van der Waals surface area contributed by atoms with E-state index >= 15 is 0 Å². The molecule has 0 radical (unpaired) electrons. The van der Waals surface area contributed by atoms with Crippen LogP contribution in [-0.4, -0.2) is 18.0 Å². The third kappa shape index (κ3) is 3.24. The molecule has 0 amide bonds. The van der Waals surface area contributed by atoms with E-state index in [4.69, 9.17) is 4.74 Å². The summed E-state index contributed by atoms with van der Waals surface area (Å²) in [6.45, 7) is 12.7. The van der Waals surface area contributed by atoms with E-state index in [1.54, 1.807) is 13.2 Å². The minimum absolute atomic E-state index is 0.373. The molecule has 1 aromatic rings. The quantitative estimate of drug-likeness (QED) is 0.470. The second kappa shape index (κ2) is 6.86. The Labute approximate surface area is 138 Å². The van der Waals surface area contributed by atoms with Gasteiger partial charge in [-0.1, -0.05) is 36.4 Å². The van der Waals surface area contributed by atoms with Crippen molar-refractivity contribution in [1.29, 1.82) is 0 Å². The van der Waals surface area contributed by atoms with Crippen molar-refractivity contribution in [2.24, 2.45) is 5.16 Å². The minimum Gasteiger partial charge on any atom is -0.496 e. The number of oxime groups is 1. The summed E-state index contributed by atoms with van der Waals surface area (Å²) in [7, 11) is 1.64. The summed E-state index contributed by atoms with van der Waals surface area (Å²) in [4.78, 5) is 0. The highest BCUT2D eigenvalue weighted by Gasteiger charge is 2.25. The van der Waals surface area contributed by atoms with Crippen LogP contribution in [-0.2, 0) is 0 Å². The minimum atomic E-state index is 0.373. The molecular weight excluding hydrogens is 286 g/mol. The van der Waals surface area contributed by atoms with Gasteiger partial charge in [-0.25, -0.2) is 0 Å². The van der Waals surface area contributed by atoms with E-state index in [9.17, 15) is 5.21 Å². The van der Waals surface area contributed by atoms with Gasteiger partial charge < -0.3 is 9.94 Å². The molecular formula is C20H25NO2. The molecule has 0 saturated carbocycles. The molecule has 0 unspecified atom stereocenters. The molecule has 23 heavy (non-hydrogen) atoms. The number of nitrogens with zero attached hydrogens (tertiary/aromatic N) is 1. The maximum Gasteiger partial charge on any atom is 0.129 e. The average Bonchev–Trinajstić information content (AvgIpc) is 2.53. The van der Waals surface area contributed by atoms with Crippen LogP contribution < -0.4 is 4.74 Å². The molecule has 122 valence electrons. The highest BCUT2D eigenvalue weighted by Crippen LogP contribution is 2.39. The molecule has 3 heteroatoms.